The molecule has 40 heavy (non-hydrogen) atoms. The third-order valence-electron chi connectivity index (χ3n) is 8.63. The van der Waals surface area contributed by atoms with Crippen LogP contribution >= 0.6 is 11.6 Å². The summed E-state index contributed by atoms with van der Waals surface area (Å²) in [4.78, 5) is 25.5. The zero-order valence-electron chi connectivity index (χ0n) is 22.8. The maximum atomic E-state index is 14.8. The van der Waals surface area contributed by atoms with Gasteiger partial charge in [0.2, 0.25) is 11.9 Å². The molecule has 2 fully saturated rings. The van der Waals surface area contributed by atoms with Gasteiger partial charge in [-0.1, -0.05) is 24.6 Å². The predicted molar refractivity (Wildman–Crippen MR) is 149 cm³/mol. The smallest absolute Gasteiger partial charge is 0.227 e. The monoisotopic (exact) mass is 567 g/mol. The van der Waals surface area contributed by atoms with Gasteiger partial charge in [0.25, 0.3) is 0 Å². The number of carbonyl (C=O) groups is 1. The molecule has 0 N–H and O–H groups in total. The summed E-state index contributed by atoms with van der Waals surface area (Å²) in [5.74, 6) is 4.64. The molecule has 4 heterocycles. The molecule has 6 rings (SSSR count). The minimum absolute atomic E-state index is 0.0214. The second kappa shape index (κ2) is 11.7. The molecular weight excluding hydrogens is 533 g/mol. The topological polar surface area (TPSA) is 89.3 Å². The number of ether oxygens (including phenoxy) is 1. The second-order valence-electron chi connectivity index (χ2n) is 11.1. The van der Waals surface area contributed by atoms with E-state index in [-0.39, 0.29) is 12.3 Å². The highest BCUT2D eigenvalue weighted by atomic mass is 35.5. The number of rotatable bonds is 9. The van der Waals surface area contributed by atoms with Crippen molar-refractivity contribution in [2.75, 3.05) is 31.1 Å². The molecule has 1 saturated carbocycles. The van der Waals surface area contributed by atoms with E-state index in [1.54, 1.807) is 29.4 Å². The van der Waals surface area contributed by atoms with Crippen LogP contribution in [0.1, 0.15) is 49.8 Å². The zero-order valence-corrected chi connectivity index (χ0v) is 23.6. The number of nitrogens with zero attached hydrogens (tertiary/aromatic N) is 7. The van der Waals surface area contributed by atoms with E-state index < -0.39 is 5.82 Å². The van der Waals surface area contributed by atoms with Crippen molar-refractivity contribution >= 4 is 23.5 Å². The zero-order chi connectivity index (χ0) is 27.6. The van der Waals surface area contributed by atoms with Gasteiger partial charge >= 0.3 is 0 Å². The van der Waals surface area contributed by atoms with Crippen molar-refractivity contribution in [2.45, 2.75) is 58.5 Å². The molecule has 3 aliphatic rings. The lowest BCUT2D eigenvalue weighted by Gasteiger charge is -2.32. The van der Waals surface area contributed by atoms with Gasteiger partial charge in [0, 0.05) is 38.7 Å². The number of aryl methyl sites for hydroxylation is 1. The molecule has 1 saturated heterocycles. The summed E-state index contributed by atoms with van der Waals surface area (Å²) in [5.41, 5.74) is 0.385. The Labute approximate surface area is 238 Å². The van der Waals surface area contributed by atoms with E-state index in [9.17, 15) is 9.18 Å². The number of aromatic nitrogens is 5. The lowest BCUT2D eigenvalue weighted by molar-refractivity contribution is -0.132. The Kier molecular flexibility index (Phi) is 7.87. The Morgan fingerprint density at radius 2 is 1.93 bits per heavy atom. The predicted octanol–water partition coefficient (Wildman–Crippen LogP) is 4.33. The largest absolute Gasteiger partial charge is 0.493 e. The number of hydrogen-bond donors (Lipinski definition) is 0. The summed E-state index contributed by atoms with van der Waals surface area (Å²) in [5, 5.41) is 8.96. The Bertz CT molecular complexity index is 1340. The van der Waals surface area contributed by atoms with E-state index in [1.165, 1.54) is 12.5 Å². The van der Waals surface area contributed by atoms with Crippen LogP contribution in [0.4, 0.5) is 10.3 Å². The fourth-order valence-corrected chi connectivity index (χ4v) is 6.33. The highest BCUT2D eigenvalue weighted by Gasteiger charge is 2.43. The SMILES string of the molecule is CCc1nnc2n1CCN(C(=O)Cc1ccc(OCCC3C[C@@H]3C3CCN(c4ncc(Cl)cn4)CC3)cc1F)C2. The minimum atomic E-state index is -0.403. The molecule has 0 bridgehead atoms. The molecule has 0 spiro atoms. The number of hydrogen-bond acceptors (Lipinski definition) is 7. The quantitative estimate of drug-likeness (QED) is 0.380. The van der Waals surface area contributed by atoms with Gasteiger partial charge in [0.05, 0.1) is 37.0 Å². The number of halogens is 2. The van der Waals surface area contributed by atoms with Crippen molar-refractivity contribution in [3.63, 3.8) is 0 Å². The normalized spacial score (nSPS) is 20.9. The molecule has 0 radical (unpaired) electrons. The van der Waals surface area contributed by atoms with Crippen LogP contribution in [0.25, 0.3) is 0 Å². The average molecular weight is 568 g/mol. The van der Waals surface area contributed by atoms with Crippen LogP contribution in [0.5, 0.6) is 5.75 Å². The number of fused-ring (bicyclic) bond motifs is 1. The Morgan fingerprint density at radius 1 is 1.12 bits per heavy atom. The van der Waals surface area contributed by atoms with Gasteiger partial charge in [-0.15, -0.1) is 10.2 Å². The molecule has 11 heteroatoms. The van der Waals surface area contributed by atoms with Crippen molar-refractivity contribution < 1.29 is 13.9 Å². The van der Waals surface area contributed by atoms with E-state index in [1.807, 2.05) is 6.92 Å². The molecule has 2 aromatic heterocycles. The van der Waals surface area contributed by atoms with Gasteiger partial charge in [-0.05, 0) is 55.1 Å². The van der Waals surface area contributed by atoms with Crippen molar-refractivity contribution in [1.29, 1.82) is 0 Å². The van der Waals surface area contributed by atoms with Gasteiger partial charge in [0.1, 0.15) is 17.4 Å². The highest BCUT2D eigenvalue weighted by Crippen LogP contribution is 2.49. The molecule has 1 aliphatic carbocycles. The van der Waals surface area contributed by atoms with Crippen molar-refractivity contribution in [1.82, 2.24) is 29.6 Å². The first kappa shape index (κ1) is 26.9. The first-order chi connectivity index (χ1) is 19.5. The molecule has 2 aliphatic heterocycles. The number of carbonyl (C=O) groups excluding carboxylic acids is 1. The van der Waals surface area contributed by atoms with Crippen molar-refractivity contribution in [3.8, 4) is 5.75 Å². The molecule has 1 aromatic carbocycles. The molecule has 9 nitrogen and oxygen atoms in total. The second-order valence-corrected chi connectivity index (χ2v) is 11.5. The molecular formula is C29H35ClFN7O2. The fourth-order valence-electron chi connectivity index (χ4n) is 6.23. The first-order valence-electron chi connectivity index (χ1n) is 14.3. The number of benzene rings is 1. The van der Waals surface area contributed by atoms with Gasteiger partial charge in [-0.25, -0.2) is 14.4 Å². The van der Waals surface area contributed by atoms with Crippen LogP contribution in [0.15, 0.2) is 30.6 Å². The summed E-state index contributed by atoms with van der Waals surface area (Å²) < 4.78 is 22.8. The first-order valence-corrected chi connectivity index (χ1v) is 14.7. The molecule has 212 valence electrons. The minimum Gasteiger partial charge on any atom is -0.493 e. The summed E-state index contributed by atoms with van der Waals surface area (Å²) >= 11 is 5.91. The summed E-state index contributed by atoms with van der Waals surface area (Å²) in [6.45, 7) is 6.22. The molecule has 2 atom stereocenters. The maximum absolute atomic E-state index is 14.8. The summed E-state index contributed by atoms with van der Waals surface area (Å²) in [7, 11) is 0. The van der Waals surface area contributed by atoms with E-state index in [0.29, 0.717) is 48.5 Å². The molecule has 3 aromatic rings. The average Bonchev–Trinajstić information content (AvgIpc) is 3.63. The highest BCUT2D eigenvalue weighted by molar-refractivity contribution is 6.30. The fraction of sp³-hybridized carbons (Fsp3) is 0.552. The third kappa shape index (κ3) is 5.92. The van der Waals surface area contributed by atoms with Gasteiger partial charge in [0.15, 0.2) is 5.82 Å². The van der Waals surface area contributed by atoms with Crippen LogP contribution in [0.3, 0.4) is 0 Å². The van der Waals surface area contributed by atoms with E-state index in [2.05, 4.69) is 29.6 Å². The van der Waals surface area contributed by atoms with E-state index in [0.717, 1.165) is 68.2 Å². The standard InChI is InChI=1S/C29H35ClFN7O2/c1-2-26-34-35-27-18-37(10-11-38(26)27)28(39)14-21-3-4-23(15-25(21)31)40-12-7-20-13-24(20)19-5-8-36(9-6-19)29-32-16-22(30)17-33-29/h3-4,15-17,19-20,24H,2,5-14,18H2,1H3/t20?,24-/m1/s1. The summed E-state index contributed by atoms with van der Waals surface area (Å²) in [6, 6.07) is 4.84. The number of amides is 1. The third-order valence-corrected chi connectivity index (χ3v) is 8.83. The van der Waals surface area contributed by atoms with Crippen LogP contribution in [0.2, 0.25) is 5.02 Å². The molecule has 1 amide bonds. The van der Waals surface area contributed by atoms with Crippen molar-refractivity contribution in [2.24, 2.45) is 17.8 Å². The lowest BCUT2D eigenvalue weighted by atomic mass is 9.90. The van der Waals surface area contributed by atoms with Crippen LogP contribution in [-0.2, 0) is 30.7 Å². The molecule has 1 unspecified atom stereocenters. The maximum Gasteiger partial charge on any atom is 0.227 e. The number of piperidine rings is 1. The Morgan fingerprint density at radius 3 is 2.67 bits per heavy atom. The van der Waals surface area contributed by atoms with E-state index >= 15 is 0 Å². The van der Waals surface area contributed by atoms with Crippen LogP contribution < -0.4 is 9.64 Å². The number of anilines is 1. The Balaban J connectivity index is 0.924. The van der Waals surface area contributed by atoms with Crippen LogP contribution in [0, 0.1) is 23.6 Å². The van der Waals surface area contributed by atoms with E-state index in [4.69, 9.17) is 16.3 Å². The van der Waals surface area contributed by atoms with Crippen molar-refractivity contribution in [3.05, 3.63) is 58.6 Å². The van der Waals surface area contributed by atoms with Crippen LogP contribution in [-0.4, -0.2) is 61.8 Å². The summed E-state index contributed by atoms with van der Waals surface area (Å²) in [6.07, 6.45) is 8.65. The Hall–Kier alpha value is -3.27. The van der Waals surface area contributed by atoms with Gasteiger partial charge in [-0.2, -0.15) is 0 Å². The van der Waals surface area contributed by atoms with Gasteiger partial charge < -0.3 is 19.1 Å². The lowest BCUT2D eigenvalue weighted by Crippen LogP contribution is -2.39. The van der Waals surface area contributed by atoms with Gasteiger partial charge in [-0.3, -0.25) is 4.79 Å².